The number of hydrogen-bond acceptors (Lipinski definition) is 3. The van der Waals surface area contributed by atoms with Crippen molar-refractivity contribution in [2.75, 3.05) is 20.1 Å². The summed E-state index contributed by atoms with van der Waals surface area (Å²) < 4.78 is 0. The van der Waals surface area contributed by atoms with E-state index in [-0.39, 0.29) is 11.8 Å². The molecule has 4 nitrogen and oxygen atoms in total. The van der Waals surface area contributed by atoms with Crippen LogP contribution in [-0.4, -0.2) is 36.9 Å². The highest BCUT2D eigenvalue weighted by Gasteiger charge is 2.45. The molecule has 5 heteroatoms. The number of nitrogens with one attached hydrogen (secondary N) is 1. The van der Waals surface area contributed by atoms with Gasteiger partial charge in [-0.25, -0.2) is 0 Å². The van der Waals surface area contributed by atoms with E-state index in [2.05, 4.69) is 28.9 Å². The van der Waals surface area contributed by atoms with Crippen molar-refractivity contribution in [1.29, 1.82) is 0 Å². The minimum atomic E-state index is -0.593. The van der Waals surface area contributed by atoms with Crippen LogP contribution in [0.5, 0.6) is 0 Å². The number of aryl methyl sites for hydroxylation is 1. The normalized spacial score (nSPS) is 18.2. The Labute approximate surface area is 187 Å². The Morgan fingerprint density at radius 2 is 1.81 bits per heavy atom. The Morgan fingerprint density at radius 1 is 1.03 bits per heavy atom. The molecule has 0 bridgehead atoms. The van der Waals surface area contributed by atoms with E-state index in [9.17, 15) is 9.59 Å². The van der Waals surface area contributed by atoms with Crippen LogP contribution in [0.1, 0.15) is 24.0 Å². The van der Waals surface area contributed by atoms with Crippen LogP contribution in [0.15, 0.2) is 72.1 Å². The molecule has 1 aliphatic heterocycles. The van der Waals surface area contributed by atoms with Crippen LogP contribution in [0.25, 0.3) is 10.4 Å². The molecule has 1 N–H and O–H groups in total. The van der Waals surface area contributed by atoms with Gasteiger partial charge in [0.2, 0.25) is 11.8 Å². The minimum Gasteiger partial charge on any atom is -0.359 e. The molecule has 1 atom stereocenters. The lowest BCUT2D eigenvalue weighted by atomic mass is 9.78. The summed E-state index contributed by atoms with van der Waals surface area (Å²) in [6.45, 7) is 1.10. The van der Waals surface area contributed by atoms with Gasteiger partial charge in [-0.2, -0.15) is 0 Å². The summed E-state index contributed by atoms with van der Waals surface area (Å²) in [5, 5.41) is 4.94. The Bertz CT molecular complexity index is 1030. The zero-order chi connectivity index (χ0) is 21.7. The van der Waals surface area contributed by atoms with Crippen LogP contribution in [0.4, 0.5) is 0 Å². The van der Waals surface area contributed by atoms with Gasteiger partial charge < -0.3 is 10.2 Å². The van der Waals surface area contributed by atoms with Crippen LogP contribution >= 0.6 is 11.3 Å². The second-order valence-corrected chi connectivity index (χ2v) is 9.17. The maximum absolute atomic E-state index is 13.0. The van der Waals surface area contributed by atoms with Crippen LogP contribution in [0.3, 0.4) is 0 Å². The quantitative estimate of drug-likeness (QED) is 0.595. The van der Waals surface area contributed by atoms with Gasteiger partial charge in [0, 0.05) is 31.4 Å². The van der Waals surface area contributed by atoms with Crippen molar-refractivity contribution in [2.45, 2.75) is 25.7 Å². The molecule has 1 fully saturated rings. The number of amides is 2. The fraction of sp³-hybridized carbons (Fsp3) is 0.308. The smallest absolute Gasteiger partial charge is 0.228 e. The molecule has 0 radical (unpaired) electrons. The van der Waals surface area contributed by atoms with Gasteiger partial charge in [-0.3, -0.25) is 9.59 Å². The SMILES string of the molecule is CNC(=O)[C@@]1(Cc2ccccc2-c2cccs2)CCN(C(=O)CCc2ccccc2)C1. The monoisotopic (exact) mass is 432 g/mol. The van der Waals surface area contributed by atoms with E-state index in [0.717, 1.165) is 17.5 Å². The number of nitrogens with zero attached hydrogens (tertiary/aromatic N) is 1. The first-order valence-electron chi connectivity index (χ1n) is 10.8. The van der Waals surface area contributed by atoms with E-state index >= 15 is 0 Å². The summed E-state index contributed by atoms with van der Waals surface area (Å²) >= 11 is 1.71. The maximum atomic E-state index is 13.0. The first-order valence-corrected chi connectivity index (χ1v) is 11.6. The predicted molar refractivity (Wildman–Crippen MR) is 126 cm³/mol. The first-order chi connectivity index (χ1) is 15.1. The van der Waals surface area contributed by atoms with E-state index in [0.29, 0.717) is 32.4 Å². The molecule has 1 aliphatic rings. The second kappa shape index (κ2) is 9.48. The highest BCUT2D eigenvalue weighted by Crippen LogP contribution is 2.38. The zero-order valence-electron chi connectivity index (χ0n) is 17.8. The van der Waals surface area contributed by atoms with Crippen molar-refractivity contribution in [3.05, 3.63) is 83.2 Å². The number of benzene rings is 2. The highest BCUT2D eigenvalue weighted by atomic mass is 32.1. The van der Waals surface area contributed by atoms with E-state index in [1.165, 1.54) is 10.4 Å². The molecule has 2 amide bonds. The minimum absolute atomic E-state index is 0.0202. The Balaban J connectivity index is 1.51. The summed E-state index contributed by atoms with van der Waals surface area (Å²) in [6.07, 6.45) is 2.51. The van der Waals surface area contributed by atoms with Gasteiger partial charge in [-0.05, 0) is 47.4 Å². The molecular weight excluding hydrogens is 404 g/mol. The summed E-state index contributed by atoms with van der Waals surface area (Å²) in [4.78, 5) is 29.0. The van der Waals surface area contributed by atoms with E-state index in [4.69, 9.17) is 0 Å². The first kappa shape index (κ1) is 21.3. The van der Waals surface area contributed by atoms with Crippen LogP contribution < -0.4 is 5.32 Å². The molecule has 2 heterocycles. The van der Waals surface area contributed by atoms with Crippen LogP contribution in [-0.2, 0) is 22.4 Å². The number of likely N-dealkylation sites (tertiary alicyclic amines) is 1. The number of rotatable bonds is 7. The maximum Gasteiger partial charge on any atom is 0.228 e. The molecule has 31 heavy (non-hydrogen) atoms. The lowest BCUT2D eigenvalue weighted by molar-refractivity contribution is -0.133. The highest BCUT2D eigenvalue weighted by molar-refractivity contribution is 7.13. The molecular formula is C26H28N2O2S. The molecule has 0 saturated carbocycles. The van der Waals surface area contributed by atoms with Gasteiger partial charge in [-0.15, -0.1) is 11.3 Å². The van der Waals surface area contributed by atoms with Crippen molar-refractivity contribution in [3.63, 3.8) is 0 Å². The van der Waals surface area contributed by atoms with Crippen molar-refractivity contribution in [3.8, 4) is 10.4 Å². The Kier molecular flexibility index (Phi) is 6.52. The average Bonchev–Trinajstić information content (AvgIpc) is 3.49. The molecule has 1 aromatic heterocycles. The van der Waals surface area contributed by atoms with Crippen molar-refractivity contribution >= 4 is 23.2 Å². The predicted octanol–water partition coefficient (Wildman–Crippen LogP) is 4.56. The Morgan fingerprint density at radius 3 is 2.55 bits per heavy atom. The van der Waals surface area contributed by atoms with Crippen molar-refractivity contribution in [2.24, 2.45) is 5.41 Å². The summed E-state index contributed by atoms with van der Waals surface area (Å²) in [5.41, 5.74) is 2.91. The van der Waals surface area contributed by atoms with Gasteiger partial charge in [0.15, 0.2) is 0 Å². The zero-order valence-corrected chi connectivity index (χ0v) is 18.7. The fourth-order valence-corrected chi connectivity index (χ4v) is 5.31. The molecule has 160 valence electrons. The number of hydrogen-bond donors (Lipinski definition) is 1. The third-order valence-electron chi connectivity index (χ3n) is 6.22. The van der Waals surface area contributed by atoms with Gasteiger partial charge in [-0.1, -0.05) is 60.7 Å². The second-order valence-electron chi connectivity index (χ2n) is 8.22. The van der Waals surface area contributed by atoms with Gasteiger partial charge in [0.25, 0.3) is 0 Å². The van der Waals surface area contributed by atoms with Crippen molar-refractivity contribution < 1.29 is 9.59 Å². The summed E-state index contributed by atoms with van der Waals surface area (Å²) in [7, 11) is 1.69. The molecule has 0 aliphatic carbocycles. The number of carbonyl (C=O) groups excluding carboxylic acids is 2. The van der Waals surface area contributed by atoms with E-state index in [1.807, 2.05) is 53.4 Å². The lowest BCUT2D eigenvalue weighted by Crippen LogP contribution is -2.44. The third-order valence-corrected chi connectivity index (χ3v) is 7.12. The molecule has 0 spiro atoms. The summed E-state index contributed by atoms with van der Waals surface area (Å²) in [5.74, 6) is 0.146. The molecule has 0 unspecified atom stereocenters. The molecule has 1 saturated heterocycles. The van der Waals surface area contributed by atoms with Crippen LogP contribution in [0, 0.1) is 5.41 Å². The summed E-state index contributed by atoms with van der Waals surface area (Å²) in [6, 6.07) is 22.5. The van der Waals surface area contributed by atoms with Gasteiger partial charge in [0.05, 0.1) is 5.41 Å². The topological polar surface area (TPSA) is 49.4 Å². The molecule has 4 rings (SSSR count). The average molecular weight is 433 g/mol. The van der Waals surface area contributed by atoms with E-state index in [1.54, 1.807) is 18.4 Å². The van der Waals surface area contributed by atoms with E-state index < -0.39 is 5.41 Å². The molecule has 3 aromatic rings. The number of carbonyl (C=O) groups is 2. The van der Waals surface area contributed by atoms with Crippen molar-refractivity contribution in [1.82, 2.24) is 10.2 Å². The largest absolute Gasteiger partial charge is 0.359 e. The fourth-order valence-electron chi connectivity index (χ4n) is 4.53. The molecule has 2 aromatic carbocycles. The number of thiophene rings is 1. The van der Waals surface area contributed by atoms with Gasteiger partial charge >= 0.3 is 0 Å². The Hall–Kier alpha value is -2.92. The van der Waals surface area contributed by atoms with Crippen LogP contribution in [0.2, 0.25) is 0 Å². The lowest BCUT2D eigenvalue weighted by Gasteiger charge is -2.28. The standard InChI is InChI=1S/C26H28N2O2S/c1-27-25(30)26(18-21-10-5-6-11-22(21)23-12-7-17-31-23)15-16-28(19-26)24(29)14-13-20-8-3-2-4-9-20/h2-12,17H,13-16,18-19H2,1H3,(H,27,30)/t26-/m1/s1. The third kappa shape index (κ3) is 4.72. The van der Waals surface area contributed by atoms with Gasteiger partial charge in [0.1, 0.15) is 0 Å².